The second-order valence-electron chi connectivity index (χ2n) is 11.9. The van der Waals surface area contributed by atoms with Crippen molar-refractivity contribution in [1.82, 2.24) is 9.88 Å². The molecule has 0 spiro atoms. The number of benzene rings is 1. The summed E-state index contributed by atoms with van der Waals surface area (Å²) in [6, 6.07) is 6.61. The van der Waals surface area contributed by atoms with E-state index in [1.54, 1.807) is 12.0 Å². The molecule has 0 amide bonds. The molecule has 2 fully saturated rings. The van der Waals surface area contributed by atoms with Gasteiger partial charge in [0.15, 0.2) is 0 Å². The second-order valence-corrected chi connectivity index (χ2v) is 11.9. The standard InChI is InChI=1S/C32H43F2N3O5/c1-21-8-9-22(19-42-25-11-15-41-20-25)27(16-21)29(31(38)39)37-14-10-23(18-37)32(33,34)12-4-3-6-24-17-28(40-2)26-7-5-13-35-30(26)36-24/h8-9,16-17,23,25,29H,3-7,10-15,18-20H2,1-2H3,(H,35,36)(H,38,39)/t23-,25+,29?/m1/s1. The average molecular weight is 588 g/mol. The molecule has 42 heavy (non-hydrogen) atoms. The van der Waals surface area contributed by atoms with Gasteiger partial charge in [0.25, 0.3) is 5.92 Å². The van der Waals surface area contributed by atoms with Gasteiger partial charge in [-0.25, -0.2) is 13.8 Å². The molecule has 10 heteroatoms. The van der Waals surface area contributed by atoms with Gasteiger partial charge in [-0.3, -0.25) is 9.69 Å². The number of ether oxygens (including phenoxy) is 3. The molecule has 2 saturated heterocycles. The number of aryl methyl sites for hydroxylation is 2. The van der Waals surface area contributed by atoms with Crippen molar-refractivity contribution in [3.63, 3.8) is 0 Å². The first-order valence-corrected chi connectivity index (χ1v) is 15.2. The summed E-state index contributed by atoms with van der Waals surface area (Å²) in [7, 11) is 1.65. The lowest BCUT2D eigenvalue weighted by Crippen LogP contribution is -2.36. The molecule has 230 valence electrons. The van der Waals surface area contributed by atoms with E-state index < -0.39 is 23.9 Å². The van der Waals surface area contributed by atoms with E-state index in [1.165, 1.54) is 0 Å². The molecular weight excluding hydrogens is 544 g/mol. The van der Waals surface area contributed by atoms with E-state index in [-0.39, 0.29) is 32.1 Å². The summed E-state index contributed by atoms with van der Waals surface area (Å²) < 4.78 is 47.8. The zero-order valence-corrected chi connectivity index (χ0v) is 24.7. The SMILES string of the molecule is COc1cc(CCCCC(F)(F)[C@@H]2CCN(C(C(=O)O)c3cc(C)ccc3CO[C@H]3CCOC3)C2)nc2c1CCCN2. The largest absolute Gasteiger partial charge is 0.496 e. The number of nitrogens with one attached hydrogen (secondary N) is 1. The van der Waals surface area contributed by atoms with Crippen LogP contribution in [-0.2, 0) is 33.7 Å². The molecule has 3 atom stereocenters. The number of hydrogen-bond acceptors (Lipinski definition) is 7. The minimum atomic E-state index is -2.87. The van der Waals surface area contributed by atoms with Crippen LogP contribution in [0.15, 0.2) is 24.3 Å². The molecule has 3 aliphatic rings. The van der Waals surface area contributed by atoms with Crippen molar-refractivity contribution < 1.29 is 32.9 Å². The molecule has 0 aliphatic carbocycles. The van der Waals surface area contributed by atoms with E-state index in [1.807, 2.05) is 31.2 Å². The summed E-state index contributed by atoms with van der Waals surface area (Å²) in [5, 5.41) is 13.6. The minimum absolute atomic E-state index is 0.0148. The number of anilines is 1. The third-order valence-corrected chi connectivity index (χ3v) is 8.82. The molecule has 4 heterocycles. The number of carboxylic acid groups (broad SMARTS) is 1. The normalized spacial score (nSPS) is 21.6. The number of hydrogen-bond donors (Lipinski definition) is 2. The number of halogens is 2. The molecule has 0 saturated carbocycles. The third kappa shape index (κ3) is 7.21. The highest BCUT2D eigenvalue weighted by Gasteiger charge is 2.45. The monoisotopic (exact) mass is 587 g/mol. The van der Waals surface area contributed by atoms with Crippen LogP contribution in [0.25, 0.3) is 0 Å². The summed E-state index contributed by atoms with van der Waals surface area (Å²) in [6.07, 6.45) is 4.34. The van der Waals surface area contributed by atoms with Crippen molar-refractivity contribution in [1.29, 1.82) is 0 Å². The highest BCUT2D eigenvalue weighted by molar-refractivity contribution is 5.76. The molecule has 3 aliphatic heterocycles. The number of methoxy groups -OCH3 is 1. The molecular formula is C32H43F2N3O5. The lowest BCUT2D eigenvalue weighted by molar-refractivity contribution is -0.143. The van der Waals surface area contributed by atoms with Gasteiger partial charge < -0.3 is 24.6 Å². The number of carbonyl (C=O) groups is 1. The number of nitrogens with zero attached hydrogens (tertiary/aromatic N) is 2. The lowest BCUT2D eigenvalue weighted by atomic mass is 9.94. The Morgan fingerprint density at radius 2 is 2.14 bits per heavy atom. The number of aromatic nitrogens is 1. The van der Waals surface area contributed by atoms with E-state index in [2.05, 4.69) is 5.32 Å². The van der Waals surface area contributed by atoms with Crippen molar-refractivity contribution >= 4 is 11.8 Å². The summed E-state index contributed by atoms with van der Waals surface area (Å²) >= 11 is 0. The molecule has 2 N–H and O–H groups in total. The van der Waals surface area contributed by atoms with E-state index in [9.17, 15) is 9.90 Å². The summed E-state index contributed by atoms with van der Waals surface area (Å²) in [6.45, 7) is 4.59. The Bertz CT molecular complexity index is 1220. The summed E-state index contributed by atoms with van der Waals surface area (Å²) in [5.74, 6) is -3.14. The topological polar surface area (TPSA) is 93.2 Å². The lowest BCUT2D eigenvalue weighted by Gasteiger charge is -2.28. The maximum absolute atomic E-state index is 15.4. The zero-order chi connectivity index (χ0) is 29.7. The Morgan fingerprint density at radius 3 is 2.90 bits per heavy atom. The molecule has 1 aromatic heterocycles. The van der Waals surface area contributed by atoms with Gasteiger partial charge in [0.2, 0.25) is 0 Å². The van der Waals surface area contributed by atoms with Gasteiger partial charge in [-0.2, -0.15) is 0 Å². The van der Waals surface area contributed by atoms with Gasteiger partial charge >= 0.3 is 5.97 Å². The van der Waals surface area contributed by atoms with Crippen LogP contribution < -0.4 is 10.1 Å². The number of fused-ring (bicyclic) bond motifs is 1. The van der Waals surface area contributed by atoms with Crippen LogP contribution in [-0.4, -0.2) is 72.9 Å². The Kier molecular flexibility index (Phi) is 9.96. The maximum Gasteiger partial charge on any atom is 0.325 e. The van der Waals surface area contributed by atoms with Gasteiger partial charge in [0.05, 0.1) is 26.4 Å². The van der Waals surface area contributed by atoms with Gasteiger partial charge in [0, 0.05) is 49.4 Å². The smallest absolute Gasteiger partial charge is 0.325 e. The summed E-state index contributed by atoms with van der Waals surface area (Å²) in [4.78, 5) is 18.9. The van der Waals surface area contributed by atoms with Gasteiger partial charge in [0.1, 0.15) is 17.6 Å². The molecule has 0 radical (unpaired) electrons. The fourth-order valence-corrected chi connectivity index (χ4v) is 6.44. The van der Waals surface area contributed by atoms with Crippen LogP contribution >= 0.6 is 0 Å². The van der Waals surface area contributed by atoms with Crippen LogP contribution in [0.2, 0.25) is 0 Å². The van der Waals surface area contributed by atoms with Gasteiger partial charge in [-0.05, 0) is 69.5 Å². The quantitative estimate of drug-likeness (QED) is 0.295. The van der Waals surface area contributed by atoms with Crippen molar-refractivity contribution in [2.45, 2.75) is 83.0 Å². The third-order valence-electron chi connectivity index (χ3n) is 8.82. The highest BCUT2D eigenvalue weighted by atomic mass is 19.3. The van der Waals surface area contributed by atoms with E-state index in [0.717, 1.165) is 59.8 Å². The Morgan fingerprint density at radius 1 is 1.29 bits per heavy atom. The van der Waals surface area contributed by atoms with Crippen LogP contribution in [0.1, 0.15) is 72.5 Å². The van der Waals surface area contributed by atoms with E-state index in [4.69, 9.17) is 19.2 Å². The highest BCUT2D eigenvalue weighted by Crippen LogP contribution is 2.40. The Hall–Kier alpha value is -2.82. The number of pyridine rings is 1. The Labute approximate surface area is 246 Å². The van der Waals surface area contributed by atoms with Crippen LogP contribution in [0.3, 0.4) is 0 Å². The van der Waals surface area contributed by atoms with Crippen LogP contribution in [0, 0.1) is 12.8 Å². The van der Waals surface area contributed by atoms with Crippen molar-refractivity contribution in [2.75, 3.05) is 45.3 Å². The molecule has 1 aromatic carbocycles. The van der Waals surface area contributed by atoms with E-state index in [0.29, 0.717) is 44.6 Å². The number of unbranched alkanes of at least 4 members (excludes halogenated alkanes) is 1. The maximum atomic E-state index is 15.4. The summed E-state index contributed by atoms with van der Waals surface area (Å²) in [5.41, 5.74) is 4.24. The van der Waals surface area contributed by atoms with Crippen molar-refractivity contribution in [2.24, 2.45) is 5.92 Å². The zero-order valence-electron chi connectivity index (χ0n) is 24.7. The molecule has 2 aromatic rings. The van der Waals surface area contributed by atoms with E-state index >= 15 is 8.78 Å². The number of rotatable bonds is 13. The molecule has 0 bridgehead atoms. The number of aliphatic carboxylic acids is 1. The van der Waals surface area contributed by atoms with Crippen LogP contribution in [0.5, 0.6) is 5.75 Å². The number of carboxylic acids is 1. The molecule has 8 nitrogen and oxygen atoms in total. The van der Waals surface area contributed by atoms with Gasteiger partial charge in [-0.15, -0.1) is 0 Å². The van der Waals surface area contributed by atoms with Crippen molar-refractivity contribution in [3.05, 3.63) is 52.2 Å². The van der Waals surface area contributed by atoms with Gasteiger partial charge in [-0.1, -0.05) is 23.8 Å². The average Bonchev–Trinajstić information content (AvgIpc) is 3.68. The predicted molar refractivity (Wildman–Crippen MR) is 155 cm³/mol. The Balaban J connectivity index is 1.18. The predicted octanol–water partition coefficient (Wildman–Crippen LogP) is 5.56. The first-order chi connectivity index (χ1) is 20.2. The van der Waals surface area contributed by atoms with Crippen LogP contribution in [0.4, 0.5) is 14.6 Å². The second kappa shape index (κ2) is 13.7. The molecule has 5 rings (SSSR count). The number of likely N-dealkylation sites (tertiary alicyclic amines) is 1. The minimum Gasteiger partial charge on any atom is -0.496 e. The first kappa shape index (κ1) is 30.6. The number of alkyl halides is 2. The van der Waals surface area contributed by atoms with Crippen molar-refractivity contribution in [3.8, 4) is 5.75 Å². The fourth-order valence-electron chi connectivity index (χ4n) is 6.44. The first-order valence-electron chi connectivity index (χ1n) is 15.2. The molecule has 1 unspecified atom stereocenters. The fraction of sp³-hybridized carbons (Fsp3) is 0.625.